The van der Waals surface area contributed by atoms with Gasteiger partial charge in [0.1, 0.15) is 0 Å². The lowest BCUT2D eigenvalue weighted by Gasteiger charge is -2.22. The molecule has 3 nitrogen and oxygen atoms in total. The van der Waals surface area contributed by atoms with E-state index in [1.54, 1.807) is 0 Å². The maximum absolute atomic E-state index is 12.5. The summed E-state index contributed by atoms with van der Waals surface area (Å²) < 4.78 is 75.5. The third-order valence-electron chi connectivity index (χ3n) is 1.46. The van der Waals surface area contributed by atoms with Crippen LogP contribution in [0, 0.1) is 0 Å². The van der Waals surface area contributed by atoms with Gasteiger partial charge in [0.15, 0.2) is 0 Å². The molecule has 1 unspecified atom stereocenters. The normalized spacial score (nSPS) is 14.2. The largest absolute Gasteiger partial charge is 0.428 e. The average Bonchev–Trinajstić information content (AvgIpc) is 2.21. The minimum absolute atomic E-state index is 0.495. The fraction of sp³-hybridized carbons (Fsp3) is 0.625. The van der Waals surface area contributed by atoms with Gasteiger partial charge < -0.3 is 10.1 Å². The van der Waals surface area contributed by atoms with Crippen LogP contribution in [0.2, 0.25) is 0 Å². The summed E-state index contributed by atoms with van der Waals surface area (Å²) in [5, 5.41) is 1.96. The van der Waals surface area contributed by atoms with Gasteiger partial charge in [-0.1, -0.05) is 6.58 Å². The Bertz CT molecular complexity index is 278. The summed E-state index contributed by atoms with van der Waals surface area (Å²) >= 11 is 0. The van der Waals surface area contributed by atoms with E-state index in [9.17, 15) is 31.1 Å². The molecular weight excluding hydrogens is 256 g/mol. The number of nitrogens with one attached hydrogen (secondary N) is 1. The minimum atomic E-state index is -5.71. The first kappa shape index (κ1) is 15.8. The van der Waals surface area contributed by atoms with Gasteiger partial charge in [0.25, 0.3) is 6.17 Å². The first-order valence-corrected chi connectivity index (χ1v) is 4.24. The molecule has 0 aromatic heterocycles. The van der Waals surface area contributed by atoms with Gasteiger partial charge in [0.2, 0.25) is 5.91 Å². The van der Waals surface area contributed by atoms with E-state index >= 15 is 0 Å². The predicted molar refractivity (Wildman–Crippen MR) is 45.1 cm³/mol. The lowest BCUT2D eigenvalue weighted by Crippen LogP contribution is -2.44. The van der Waals surface area contributed by atoms with Crippen LogP contribution in [-0.4, -0.2) is 37.5 Å². The highest BCUT2D eigenvalue weighted by Gasteiger charge is 2.58. The molecule has 0 saturated carbocycles. The molecule has 0 aliphatic rings. The number of hydrogen-bond acceptors (Lipinski definition) is 2. The summed E-state index contributed by atoms with van der Waals surface area (Å²) in [7, 11) is 0. The van der Waals surface area contributed by atoms with Crippen molar-refractivity contribution in [2.45, 2.75) is 18.5 Å². The second-order valence-electron chi connectivity index (χ2n) is 2.81. The Balaban J connectivity index is 4.10. The summed E-state index contributed by atoms with van der Waals surface area (Å²) in [4.78, 5) is 10.5. The van der Waals surface area contributed by atoms with E-state index in [1.807, 2.05) is 5.32 Å². The molecule has 0 radical (unpaired) electrons. The topological polar surface area (TPSA) is 38.3 Å². The third-order valence-corrected chi connectivity index (χ3v) is 1.46. The highest BCUT2D eigenvalue weighted by atomic mass is 19.4. The highest BCUT2D eigenvalue weighted by Crippen LogP contribution is 2.35. The van der Waals surface area contributed by atoms with E-state index in [0.717, 1.165) is 6.08 Å². The molecule has 9 heteroatoms. The van der Waals surface area contributed by atoms with E-state index in [1.165, 1.54) is 0 Å². The van der Waals surface area contributed by atoms with Gasteiger partial charge in [-0.2, -0.15) is 22.0 Å². The van der Waals surface area contributed by atoms with Gasteiger partial charge in [0.05, 0.1) is 6.61 Å². The van der Waals surface area contributed by atoms with Crippen molar-refractivity contribution in [3.63, 3.8) is 0 Å². The number of halogens is 6. The standard InChI is InChI=1S/C8H9F6NO2/c1-2-5(16)15-3-4-17-8(13,14)6(9)7(10,11)12/h2,6H,1,3-4H2,(H,15,16). The van der Waals surface area contributed by atoms with Gasteiger partial charge in [-0.25, -0.2) is 4.39 Å². The number of rotatable bonds is 6. The van der Waals surface area contributed by atoms with Crippen LogP contribution in [0.15, 0.2) is 12.7 Å². The van der Waals surface area contributed by atoms with Crippen LogP contribution < -0.4 is 5.32 Å². The van der Waals surface area contributed by atoms with Gasteiger partial charge in [-0.05, 0) is 6.08 Å². The fourth-order valence-corrected chi connectivity index (χ4v) is 0.697. The molecule has 0 bridgehead atoms. The van der Waals surface area contributed by atoms with E-state index < -0.39 is 37.5 Å². The van der Waals surface area contributed by atoms with Crippen LogP contribution in [0.5, 0.6) is 0 Å². The molecule has 0 aromatic rings. The zero-order valence-corrected chi connectivity index (χ0v) is 8.36. The Morgan fingerprint density at radius 3 is 2.29 bits per heavy atom. The van der Waals surface area contributed by atoms with Crippen LogP contribution in [0.4, 0.5) is 26.3 Å². The Morgan fingerprint density at radius 1 is 1.35 bits per heavy atom. The van der Waals surface area contributed by atoms with Crippen LogP contribution >= 0.6 is 0 Å². The first-order valence-electron chi connectivity index (χ1n) is 4.24. The number of alkyl halides is 6. The molecule has 0 fully saturated rings. The molecule has 0 saturated heterocycles. The minimum Gasteiger partial charge on any atom is -0.350 e. The van der Waals surface area contributed by atoms with Crippen LogP contribution in [0.3, 0.4) is 0 Å². The van der Waals surface area contributed by atoms with Crippen LogP contribution in [-0.2, 0) is 9.53 Å². The maximum atomic E-state index is 12.5. The SMILES string of the molecule is C=CC(=O)NCCOC(F)(F)C(F)C(F)(F)F. The Kier molecular flexibility index (Phi) is 5.46. The zero-order chi connectivity index (χ0) is 13.7. The molecule has 0 heterocycles. The third kappa shape index (κ3) is 5.57. The van der Waals surface area contributed by atoms with Crippen molar-refractivity contribution in [1.29, 1.82) is 0 Å². The monoisotopic (exact) mass is 265 g/mol. The van der Waals surface area contributed by atoms with Gasteiger partial charge in [-0.15, -0.1) is 0 Å². The highest BCUT2D eigenvalue weighted by molar-refractivity contribution is 5.86. The molecule has 1 N–H and O–H groups in total. The van der Waals surface area contributed by atoms with Crippen molar-refractivity contribution in [1.82, 2.24) is 5.32 Å². The van der Waals surface area contributed by atoms with Gasteiger partial charge >= 0.3 is 12.3 Å². The van der Waals surface area contributed by atoms with Crippen LogP contribution in [0.1, 0.15) is 0 Å². The molecular formula is C8H9F6NO2. The second kappa shape index (κ2) is 5.89. The lowest BCUT2D eigenvalue weighted by atomic mass is 10.3. The molecule has 0 aromatic carbocycles. The van der Waals surface area contributed by atoms with E-state index in [4.69, 9.17) is 0 Å². The summed E-state index contributed by atoms with van der Waals surface area (Å²) in [6.07, 6.45) is -14.3. The Labute approximate surface area is 92.4 Å². The van der Waals surface area contributed by atoms with Gasteiger partial charge in [-0.3, -0.25) is 4.79 Å². The van der Waals surface area contributed by atoms with Crippen molar-refractivity contribution in [2.75, 3.05) is 13.2 Å². The molecule has 100 valence electrons. The molecule has 1 amide bonds. The number of carbonyl (C=O) groups is 1. The maximum Gasteiger partial charge on any atom is 0.428 e. The Morgan fingerprint density at radius 2 is 1.88 bits per heavy atom. The fourth-order valence-electron chi connectivity index (χ4n) is 0.697. The number of hydrogen-bond donors (Lipinski definition) is 1. The number of amides is 1. The number of ether oxygens (including phenoxy) is 1. The van der Waals surface area contributed by atoms with Gasteiger partial charge in [0, 0.05) is 6.54 Å². The number of carbonyl (C=O) groups excluding carboxylic acids is 1. The lowest BCUT2D eigenvalue weighted by molar-refractivity contribution is -0.334. The summed E-state index contributed by atoms with van der Waals surface area (Å²) in [5.41, 5.74) is 0. The van der Waals surface area contributed by atoms with Crippen molar-refractivity contribution >= 4 is 5.91 Å². The molecule has 1 atom stereocenters. The summed E-state index contributed by atoms with van der Waals surface area (Å²) in [6, 6.07) is 0. The molecule has 0 aliphatic carbocycles. The van der Waals surface area contributed by atoms with Crippen molar-refractivity contribution < 1.29 is 35.9 Å². The summed E-state index contributed by atoms with van der Waals surface area (Å²) in [6.45, 7) is 1.57. The predicted octanol–water partition coefficient (Wildman–Crippen LogP) is 1.80. The van der Waals surface area contributed by atoms with Crippen molar-refractivity contribution in [2.24, 2.45) is 0 Å². The Hall–Kier alpha value is -1.25. The molecule has 17 heavy (non-hydrogen) atoms. The molecule has 0 aliphatic heterocycles. The van der Waals surface area contributed by atoms with Crippen molar-refractivity contribution in [3.8, 4) is 0 Å². The second-order valence-corrected chi connectivity index (χ2v) is 2.81. The van der Waals surface area contributed by atoms with Crippen LogP contribution in [0.25, 0.3) is 0 Å². The van der Waals surface area contributed by atoms with Crippen molar-refractivity contribution in [3.05, 3.63) is 12.7 Å². The van der Waals surface area contributed by atoms with E-state index in [-0.39, 0.29) is 0 Å². The quantitative estimate of drug-likeness (QED) is 0.452. The summed E-state index contributed by atoms with van der Waals surface area (Å²) in [5.74, 6) is -0.718. The van der Waals surface area contributed by atoms with E-state index in [2.05, 4.69) is 11.3 Å². The average molecular weight is 265 g/mol. The smallest absolute Gasteiger partial charge is 0.350 e. The first-order chi connectivity index (χ1) is 7.61. The molecule has 0 spiro atoms. The zero-order valence-electron chi connectivity index (χ0n) is 8.36. The van der Waals surface area contributed by atoms with E-state index in [0.29, 0.717) is 0 Å². The molecule has 0 rings (SSSR count).